The molecule has 0 N–H and O–H groups in total. The van der Waals surface area contributed by atoms with Gasteiger partial charge >= 0.3 is 0 Å². The van der Waals surface area contributed by atoms with E-state index in [1.165, 1.54) is 11.1 Å². The topological polar surface area (TPSA) is 22.0 Å². The van der Waals surface area contributed by atoms with Gasteiger partial charge in [-0.15, -0.1) is 0 Å². The third-order valence-corrected chi connectivity index (χ3v) is 3.27. The van der Waals surface area contributed by atoms with E-state index in [0.717, 1.165) is 12.8 Å². The third-order valence-electron chi connectivity index (χ3n) is 3.27. The Morgan fingerprint density at radius 1 is 1.11 bits per heavy atom. The van der Waals surface area contributed by atoms with Crippen LogP contribution in [0.3, 0.4) is 0 Å². The summed E-state index contributed by atoms with van der Waals surface area (Å²) in [7, 11) is 0. The molecule has 1 aromatic heterocycles. The Bertz CT molecular complexity index is 554. The van der Waals surface area contributed by atoms with Gasteiger partial charge in [-0.1, -0.05) is 43.7 Å². The summed E-state index contributed by atoms with van der Waals surface area (Å²) in [5.41, 5.74) is 2.57. The SMILES string of the molecule is CCCc1ccc(C(C)n2ccccc2=O)cc1. The van der Waals surface area contributed by atoms with E-state index in [-0.39, 0.29) is 11.6 Å². The smallest absolute Gasteiger partial charge is 0.251 e. The molecule has 0 spiro atoms. The van der Waals surface area contributed by atoms with Crippen LogP contribution in [-0.2, 0) is 6.42 Å². The first-order valence-corrected chi connectivity index (χ1v) is 6.48. The number of nitrogens with zero attached hydrogens (tertiary/aromatic N) is 1. The lowest BCUT2D eigenvalue weighted by atomic mass is 10.0. The van der Waals surface area contributed by atoms with Gasteiger partial charge in [-0.05, 0) is 30.5 Å². The van der Waals surface area contributed by atoms with Crippen LogP contribution in [0.2, 0.25) is 0 Å². The van der Waals surface area contributed by atoms with E-state index in [1.54, 1.807) is 16.7 Å². The van der Waals surface area contributed by atoms with Crippen molar-refractivity contribution >= 4 is 0 Å². The van der Waals surface area contributed by atoms with Crippen LogP contribution >= 0.6 is 0 Å². The number of hydrogen-bond donors (Lipinski definition) is 0. The summed E-state index contributed by atoms with van der Waals surface area (Å²) in [5, 5.41) is 0. The highest BCUT2D eigenvalue weighted by atomic mass is 16.1. The Kier molecular flexibility index (Phi) is 3.98. The molecule has 0 saturated heterocycles. The lowest BCUT2D eigenvalue weighted by Gasteiger charge is -2.15. The minimum absolute atomic E-state index is 0.0441. The van der Waals surface area contributed by atoms with Crippen molar-refractivity contribution in [3.05, 3.63) is 70.1 Å². The van der Waals surface area contributed by atoms with Crippen LogP contribution in [0.5, 0.6) is 0 Å². The first-order chi connectivity index (χ1) is 8.72. The number of benzene rings is 1. The Hall–Kier alpha value is -1.83. The van der Waals surface area contributed by atoms with E-state index in [9.17, 15) is 4.79 Å². The zero-order valence-corrected chi connectivity index (χ0v) is 11.0. The van der Waals surface area contributed by atoms with E-state index in [1.807, 2.05) is 12.3 Å². The summed E-state index contributed by atoms with van der Waals surface area (Å²) in [6.45, 7) is 4.23. The summed E-state index contributed by atoms with van der Waals surface area (Å²) in [5.74, 6) is 0. The molecule has 1 heterocycles. The van der Waals surface area contributed by atoms with Crippen LogP contribution < -0.4 is 5.56 Å². The maximum atomic E-state index is 11.8. The van der Waals surface area contributed by atoms with Crippen LogP contribution in [0.15, 0.2) is 53.5 Å². The summed E-state index contributed by atoms with van der Waals surface area (Å²) in [6, 6.07) is 13.9. The normalized spacial score (nSPS) is 12.3. The fourth-order valence-corrected chi connectivity index (χ4v) is 2.17. The molecule has 0 fully saturated rings. The first-order valence-electron chi connectivity index (χ1n) is 6.48. The van der Waals surface area contributed by atoms with Crippen molar-refractivity contribution in [2.24, 2.45) is 0 Å². The lowest BCUT2D eigenvalue weighted by Crippen LogP contribution is -2.21. The highest BCUT2D eigenvalue weighted by Gasteiger charge is 2.08. The molecule has 2 rings (SSSR count). The van der Waals surface area contributed by atoms with Crippen LogP contribution in [0.4, 0.5) is 0 Å². The van der Waals surface area contributed by atoms with E-state index in [2.05, 4.69) is 38.1 Å². The van der Waals surface area contributed by atoms with Crippen molar-refractivity contribution in [1.82, 2.24) is 4.57 Å². The third kappa shape index (κ3) is 2.70. The van der Waals surface area contributed by atoms with Gasteiger partial charge < -0.3 is 4.57 Å². The number of aromatic nitrogens is 1. The van der Waals surface area contributed by atoms with Crippen molar-refractivity contribution in [2.75, 3.05) is 0 Å². The molecule has 18 heavy (non-hydrogen) atoms. The number of rotatable bonds is 4. The van der Waals surface area contributed by atoms with Gasteiger partial charge in [-0.25, -0.2) is 0 Å². The molecule has 0 aliphatic heterocycles. The van der Waals surface area contributed by atoms with Crippen LogP contribution in [0.25, 0.3) is 0 Å². The maximum Gasteiger partial charge on any atom is 0.251 e. The van der Waals surface area contributed by atoms with E-state index >= 15 is 0 Å². The van der Waals surface area contributed by atoms with Gasteiger partial charge in [0.2, 0.25) is 0 Å². The molecule has 0 aliphatic rings. The molecule has 2 nitrogen and oxygen atoms in total. The minimum Gasteiger partial charge on any atom is -0.308 e. The van der Waals surface area contributed by atoms with Gasteiger partial charge in [0, 0.05) is 12.3 Å². The van der Waals surface area contributed by atoms with E-state index in [0.29, 0.717) is 0 Å². The number of hydrogen-bond acceptors (Lipinski definition) is 1. The van der Waals surface area contributed by atoms with Gasteiger partial charge in [0.25, 0.3) is 5.56 Å². The van der Waals surface area contributed by atoms with Gasteiger partial charge in [0.1, 0.15) is 0 Å². The van der Waals surface area contributed by atoms with Crippen molar-refractivity contribution in [2.45, 2.75) is 32.7 Å². The quantitative estimate of drug-likeness (QED) is 0.804. The minimum atomic E-state index is 0.0441. The average molecular weight is 241 g/mol. The molecule has 1 atom stereocenters. The number of aryl methyl sites for hydroxylation is 1. The predicted molar refractivity (Wildman–Crippen MR) is 75.0 cm³/mol. The summed E-state index contributed by atoms with van der Waals surface area (Å²) >= 11 is 0. The standard InChI is InChI=1S/C16H19NO/c1-3-6-14-8-10-15(11-9-14)13(2)17-12-5-4-7-16(17)18/h4-5,7-13H,3,6H2,1-2H3. The second-order valence-electron chi connectivity index (χ2n) is 4.61. The van der Waals surface area contributed by atoms with Crippen molar-refractivity contribution < 1.29 is 0 Å². The highest BCUT2D eigenvalue weighted by Crippen LogP contribution is 2.17. The zero-order valence-electron chi connectivity index (χ0n) is 11.0. The Morgan fingerprint density at radius 3 is 2.44 bits per heavy atom. The van der Waals surface area contributed by atoms with Gasteiger partial charge in [-0.2, -0.15) is 0 Å². The summed E-state index contributed by atoms with van der Waals surface area (Å²) in [6.07, 6.45) is 4.11. The molecule has 1 unspecified atom stereocenters. The van der Waals surface area contributed by atoms with Crippen molar-refractivity contribution in [3.8, 4) is 0 Å². The van der Waals surface area contributed by atoms with Crippen LogP contribution in [-0.4, -0.2) is 4.57 Å². The molecule has 2 aromatic rings. The zero-order chi connectivity index (χ0) is 13.0. The molecule has 1 aromatic carbocycles. The van der Waals surface area contributed by atoms with Crippen LogP contribution in [0, 0.1) is 0 Å². The summed E-state index contributed by atoms with van der Waals surface area (Å²) < 4.78 is 1.76. The monoisotopic (exact) mass is 241 g/mol. The molecule has 94 valence electrons. The molecule has 0 radical (unpaired) electrons. The molecule has 0 saturated carbocycles. The van der Waals surface area contributed by atoms with Gasteiger partial charge in [-0.3, -0.25) is 4.79 Å². The molecular weight excluding hydrogens is 222 g/mol. The van der Waals surface area contributed by atoms with E-state index < -0.39 is 0 Å². The highest BCUT2D eigenvalue weighted by molar-refractivity contribution is 5.25. The summed E-state index contributed by atoms with van der Waals surface area (Å²) in [4.78, 5) is 11.8. The molecule has 0 aliphatic carbocycles. The molecular formula is C16H19NO. The first kappa shape index (κ1) is 12.6. The van der Waals surface area contributed by atoms with Crippen molar-refractivity contribution in [3.63, 3.8) is 0 Å². The van der Waals surface area contributed by atoms with Crippen LogP contribution in [0.1, 0.15) is 37.4 Å². The fraction of sp³-hybridized carbons (Fsp3) is 0.312. The lowest BCUT2D eigenvalue weighted by molar-refractivity contribution is 0.614. The number of pyridine rings is 1. The fourth-order valence-electron chi connectivity index (χ4n) is 2.17. The Balaban J connectivity index is 2.26. The maximum absolute atomic E-state index is 11.8. The molecule has 2 heteroatoms. The van der Waals surface area contributed by atoms with E-state index in [4.69, 9.17) is 0 Å². The molecule has 0 bridgehead atoms. The van der Waals surface area contributed by atoms with Gasteiger partial charge in [0.05, 0.1) is 6.04 Å². The Morgan fingerprint density at radius 2 is 1.83 bits per heavy atom. The second-order valence-corrected chi connectivity index (χ2v) is 4.61. The average Bonchev–Trinajstić information content (AvgIpc) is 2.40. The molecule has 0 amide bonds. The van der Waals surface area contributed by atoms with Gasteiger partial charge in [0.15, 0.2) is 0 Å². The Labute approximate surface area is 108 Å². The van der Waals surface area contributed by atoms with Crippen molar-refractivity contribution in [1.29, 1.82) is 0 Å². The predicted octanol–water partition coefficient (Wildman–Crippen LogP) is 3.41. The second kappa shape index (κ2) is 5.67. The largest absolute Gasteiger partial charge is 0.308 e.